The number of halogens is 1. The van der Waals surface area contributed by atoms with Gasteiger partial charge in [-0.1, -0.05) is 11.2 Å². The molecule has 1 atom stereocenters. The van der Waals surface area contributed by atoms with Crippen LogP contribution in [0.3, 0.4) is 0 Å². The molecule has 1 rings (SSSR count). The molecule has 0 aromatic heterocycles. The molecule has 1 aromatic rings. The molecule has 0 heterocycles. The van der Waals surface area contributed by atoms with E-state index in [9.17, 15) is 4.57 Å². The smallest absolute Gasteiger partial charge is 0.193 e. The first-order chi connectivity index (χ1) is 7.13. The van der Waals surface area contributed by atoms with Crippen LogP contribution in [-0.4, -0.2) is 21.3 Å². The third-order valence-electron chi connectivity index (χ3n) is 1.91. The molecule has 0 N–H and O–H groups in total. The maximum Gasteiger partial charge on any atom is 0.193 e. The van der Waals surface area contributed by atoms with E-state index in [0.29, 0.717) is 22.6 Å². The van der Waals surface area contributed by atoms with Gasteiger partial charge in [0, 0.05) is 12.1 Å². The topological polar surface area (TPSA) is 44.8 Å². The highest BCUT2D eigenvalue weighted by Gasteiger charge is 2.16. The third-order valence-corrected chi connectivity index (χ3v) is 3.36. The van der Waals surface area contributed by atoms with Crippen LogP contribution in [0, 0.1) is 0 Å². The Morgan fingerprint density at radius 2 is 1.53 bits per heavy atom. The van der Waals surface area contributed by atoms with Gasteiger partial charge >= 0.3 is 0 Å². The normalized spacial score (nSPS) is 12.0. The van der Waals surface area contributed by atoms with Crippen molar-refractivity contribution in [3.8, 4) is 17.2 Å². The second-order valence-corrected chi connectivity index (χ2v) is 4.76. The van der Waals surface area contributed by atoms with Gasteiger partial charge in [0.15, 0.2) is 7.15 Å². The predicted molar refractivity (Wildman–Crippen MR) is 60.6 cm³/mol. The molecule has 0 aliphatic rings. The molecule has 0 amide bonds. The molecular weight excluding hydrogens is 239 g/mol. The molecule has 0 saturated heterocycles. The Morgan fingerprint density at radius 1 is 1.07 bits per heavy atom. The fourth-order valence-electron chi connectivity index (χ4n) is 1.20. The van der Waals surface area contributed by atoms with Gasteiger partial charge in [-0.2, -0.15) is 0 Å². The molecule has 0 aliphatic heterocycles. The lowest BCUT2D eigenvalue weighted by Crippen LogP contribution is -2.06. The average Bonchev–Trinajstić information content (AvgIpc) is 2.26. The molecule has 6 heteroatoms. The molecular formula is C9H12ClO4P. The van der Waals surface area contributed by atoms with Crippen LogP contribution < -0.4 is 19.5 Å². The molecule has 15 heavy (non-hydrogen) atoms. The molecule has 0 saturated carbocycles. The fourth-order valence-corrected chi connectivity index (χ4v) is 2.49. The number of hydrogen-bond acceptors (Lipinski definition) is 4. The van der Waals surface area contributed by atoms with Crippen molar-refractivity contribution in [2.24, 2.45) is 0 Å². The van der Waals surface area contributed by atoms with Gasteiger partial charge in [0.25, 0.3) is 0 Å². The van der Waals surface area contributed by atoms with Gasteiger partial charge in [0.2, 0.25) is 0 Å². The summed E-state index contributed by atoms with van der Waals surface area (Å²) in [5, 5.41) is 0.382. The zero-order chi connectivity index (χ0) is 11.4. The first-order valence-corrected chi connectivity index (χ1v) is 6.56. The number of methoxy groups -OCH3 is 3. The van der Waals surface area contributed by atoms with Crippen LogP contribution in [-0.2, 0) is 4.57 Å². The summed E-state index contributed by atoms with van der Waals surface area (Å²) in [4.78, 5) is 0. The summed E-state index contributed by atoms with van der Waals surface area (Å²) in [6.07, 6.45) is 0. The molecule has 4 nitrogen and oxygen atoms in total. The highest BCUT2D eigenvalue weighted by molar-refractivity contribution is 7.80. The number of rotatable bonds is 4. The zero-order valence-electron chi connectivity index (χ0n) is 8.67. The summed E-state index contributed by atoms with van der Waals surface area (Å²) >= 11 is 5.61. The first-order valence-electron chi connectivity index (χ1n) is 4.13. The molecule has 0 spiro atoms. The number of hydrogen-bond donors (Lipinski definition) is 0. The second kappa shape index (κ2) is 5.29. The van der Waals surface area contributed by atoms with Gasteiger partial charge in [-0.15, -0.1) is 0 Å². The molecule has 0 fully saturated rings. The second-order valence-electron chi connectivity index (χ2n) is 2.68. The van der Waals surface area contributed by atoms with Gasteiger partial charge in [0.1, 0.15) is 22.6 Å². The van der Waals surface area contributed by atoms with Crippen molar-refractivity contribution in [2.75, 3.05) is 21.3 Å². The summed E-state index contributed by atoms with van der Waals surface area (Å²) in [6, 6.07) is 3.23. The van der Waals surface area contributed by atoms with E-state index in [4.69, 9.17) is 25.5 Å². The van der Waals surface area contributed by atoms with Crippen LogP contribution in [0.25, 0.3) is 0 Å². The predicted octanol–water partition coefficient (Wildman–Crippen LogP) is 2.05. The first kappa shape index (κ1) is 12.2. The number of ether oxygens (including phenoxy) is 3. The Kier molecular flexibility index (Phi) is 4.30. The Hall–Kier alpha value is -0.860. The lowest BCUT2D eigenvalue weighted by molar-refractivity contribution is 0.379. The molecule has 84 valence electrons. The Labute approximate surface area is 93.7 Å². The van der Waals surface area contributed by atoms with Crippen LogP contribution in [0.15, 0.2) is 12.1 Å². The minimum atomic E-state index is -2.40. The van der Waals surface area contributed by atoms with Gasteiger partial charge in [-0.3, -0.25) is 0 Å². The molecule has 0 aliphatic carbocycles. The minimum Gasteiger partial charge on any atom is -0.496 e. The average molecular weight is 251 g/mol. The molecule has 1 unspecified atom stereocenters. The zero-order valence-corrected chi connectivity index (χ0v) is 10.4. The van der Waals surface area contributed by atoms with Crippen molar-refractivity contribution in [3.05, 3.63) is 12.1 Å². The van der Waals surface area contributed by atoms with Crippen LogP contribution in [0.5, 0.6) is 17.2 Å². The van der Waals surface area contributed by atoms with Crippen molar-refractivity contribution >= 4 is 23.7 Å². The largest absolute Gasteiger partial charge is 0.496 e. The van der Waals surface area contributed by atoms with Gasteiger partial charge in [-0.05, 0) is 0 Å². The van der Waals surface area contributed by atoms with Crippen molar-refractivity contribution in [1.82, 2.24) is 0 Å². The maximum atomic E-state index is 11.4. The lowest BCUT2D eigenvalue weighted by Gasteiger charge is -2.12. The Balaban J connectivity index is 3.39. The van der Waals surface area contributed by atoms with E-state index in [1.807, 2.05) is 0 Å². The van der Waals surface area contributed by atoms with E-state index >= 15 is 0 Å². The van der Waals surface area contributed by atoms with Gasteiger partial charge < -0.3 is 18.8 Å². The standard InChI is InChI=1S/C9H12ClO4P/c1-12-6-4-7(13-2)9(15(10)11)8(5-6)14-3/h4-5,15H,1-3H3. The van der Waals surface area contributed by atoms with Crippen molar-refractivity contribution < 1.29 is 18.8 Å². The van der Waals surface area contributed by atoms with Gasteiger partial charge in [-0.25, -0.2) is 0 Å². The van der Waals surface area contributed by atoms with Gasteiger partial charge in [0.05, 0.1) is 21.3 Å². The lowest BCUT2D eigenvalue weighted by atomic mass is 10.3. The quantitative estimate of drug-likeness (QED) is 0.767. The summed E-state index contributed by atoms with van der Waals surface area (Å²) in [6.45, 7) is 0. The fraction of sp³-hybridized carbons (Fsp3) is 0.333. The van der Waals surface area contributed by atoms with Crippen molar-refractivity contribution in [1.29, 1.82) is 0 Å². The van der Waals surface area contributed by atoms with E-state index < -0.39 is 7.15 Å². The van der Waals surface area contributed by atoms with Crippen LogP contribution >= 0.6 is 18.4 Å². The molecule has 1 aromatic carbocycles. The summed E-state index contributed by atoms with van der Waals surface area (Å²) in [5.74, 6) is 1.38. The van der Waals surface area contributed by atoms with Crippen LogP contribution in [0.4, 0.5) is 0 Å². The van der Waals surface area contributed by atoms with Crippen molar-refractivity contribution in [3.63, 3.8) is 0 Å². The summed E-state index contributed by atoms with van der Waals surface area (Å²) in [5.41, 5.74) is 0. The third kappa shape index (κ3) is 2.58. The monoisotopic (exact) mass is 250 g/mol. The van der Waals surface area contributed by atoms with Crippen molar-refractivity contribution in [2.45, 2.75) is 0 Å². The SMILES string of the molecule is COc1cc(OC)c([PH](=O)Cl)c(OC)c1. The number of benzene rings is 1. The minimum absolute atomic E-state index is 0.382. The molecule has 0 radical (unpaired) electrons. The van der Waals surface area contributed by atoms with E-state index in [1.54, 1.807) is 12.1 Å². The van der Waals surface area contributed by atoms with Crippen LogP contribution in [0.1, 0.15) is 0 Å². The Bertz CT molecular complexity index is 355. The summed E-state index contributed by atoms with van der Waals surface area (Å²) < 4.78 is 26.5. The van der Waals surface area contributed by atoms with E-state index in [1.165, 1.54) is 21.3 Å². The highest BCUT2D eigenvalue weighted by atomic mass is 35.7. The highest BCUT2D eigenvalue weighted by Crippen LogP contribution is 2.38. The molecule has 0 bridgehead atoms. The summed E-state index contributed by atoms with van der Waals surface area (Å²) in [7, 11) is 2.07. The van der Waals surface area contributed by atoms with E-state index in [-0.39, 0.29) is 0 Å². The maximum absolute atomic E-state index is 11.4. The van der Waals surface area contributed by atoms with E-state index in [2.05, 4.69) is 0 Å². The Morgan fingerprint density at radius 3 is 1.80 bits per heavy atom. The van der Waals surface area contributed by atoms with E-state index in [0.717, 1.165) is 0 Å². The van der Waals surface area contributed by atoms with Crippen LogP contribution in [0.2, 0.25) is 0 Å².